The van der Waals surface area contributed by atoms with Gasteiger partial charge in [-0.3, -0.25) is 9.79 Å². The standard InChI is InChI=1S/C19H29N3O2.HI/c1-4-24-18(23)17-10-13-22(14-11-17)19(20-3)21-12-9-16-7-5-15(2)6-8-16;/h5-8,17H,4,9-14H2,1-3H3,(H,20,21);1H. The third-order valence-corrected chi connectivity index (χ3v) is 4.44. The number of hydrogen-bond acceptors (Lipinski definition) is 3. The van der Waals surface area contributed by atoms with Gasteiger partial charge in [0.2, 0.25) is 0 Å². The summed E-state index contributed by atoms with van der Waals surface area (Å²) in [7, 11) is 1.81. The minimum absolute atomic E-state index is 0. The second kappa shape index (κ2) is 11.3. The van der Waals surface area contributed by atoms with Gasteiger partial charge in [0.25, 0.3) is 0 Å². The number of rotatable bonds is 5. The monoisotopic (exact) mass is 459 g/mol. The molecule has 0 amide bonds. The summed E-state index contributed by atoms with van der Waals surface area (Å²) in [5, 5.41) is 3.43. The molecule has 0 aliphatic carbocycles. The molecule has 25 heavy (non-hydrogen) atoms. The molecule has 0 spiro atoms. The van der Waals surface area contributed by atoms with E-state index in [2.05, 4.69) is 46.4 Å². The molecule has 1 aliphatic rings. The summed E-state index contributed by atoms with van der Waals surface area (Å²) in [4.78, 5) is 18.4. The highest BCUT2D eigenvalue weighted by Crippen LogP contribution is 2.18. The van der Waals surface area contributed by atoms with Crippen molar-refractivity contribution in [2.45, 2.75) is 33.1 Å². The lowest BCUT2D eigenvalue weighted by Gasteiger charge is -2.33. The topological polar surface area (TPSA) is 53.9 Å². The maximum Gasteiger partial charge on any atom is 0.309 e. The zero-order chi connectivity index (χ0) is 17.4. The molecule has 1 aromatic carbocycles. The van der Waals surface area contributed by atoms with Crippen LogP contribution in [0.1, 0.15) is 30.9 Å². The number of likely N-dealkylation sites (tertiary alicyclic amines) is 1. The Hall–Kier alpha value is -1.31. The first-order valence-electron chi connectivity index (χ1n) is 8.81. The van der Waals surface area contributed by atoms with Crippen molar-refractivity contribution in [3.05, 3.63) is 35.4 Å². The van der Waals surface area contributed by atoms with Crippen LogP contribution in [0.25, 0.3) is 0 Å². The molecule has 0 saturated carbocycles. The lowest BCUT2D eigenvalue weighted by atomic mass is 9.97. The van der Waals surface area contributed by atoms with Gasteiger partial charge in [-0.25, -0.2) is 0 Å². The Balaban J connectivity index is 0.00000312. The van der Waals surface area contributed by atoms with Gasteiger partial charge in [0, 0.05) is 26.7 Å². The number of guanidine groups is 1. The number of carbonyl (C=O) groups is 1. The van der Waals surface area contributed by atoms with Crippen molar-refractivity contribution in [3.8, 4) is 0 Å². The number of benzene rings is 1. The first-order valence-corrected chi connectivity index (χ1v) is 8.81. The predicted molar refractivity (Wildman–Crippen MR) is 113 cm³/mol. The largest absolute Gasteiger partial charge is 0.466 e. The van der Waals surface area contributed by atoms with E-state index in [4.69, 9.17) is 4.74 Å². The molecule has 1 aromatic rings. The van der Waals surface area contributed by atoms with Crippen molar-refractivity contribution >= 4 is 35.9 Å². The second-order valence-electron chi connectivity index (χ2n) is 6.22. The number of hydrogen-bond donors (Lipinski definition) is 1. The van der Waals surface area contributed by atoms with Crippen LogP contribution in [-0.4, -0.2) is 50.1 Å². The van der Waals surface area contributed by atoms with Gasteiger partial charge in [-0.15, -0.1) is 24.0 Å². The summed E-state index contributed by atoms with van der Waals surface area (Å²) in [5.41, 5.74) is 2.61. The van der Waals surface area contributed by atoms with Crippen molar-refractivity contribution in [2.24, 2.45) is 10.9 Å². The van der Waals surface area contributed by atoms with Crippen LogP contribution in [0.2, 0.25) is 0 Å². The summed E-state index contributed by atoms with van der Waals surface area (Å²) >= 11 is 0. The fourth-order valence-electron chi connectivity index (χ4n) is 2.99. The first kappa shape index (κ1) is 21.7. The van der Waals surface area contributed by atoms with Crippen LogP contribution in [0.4, 0.5) is 0 Å². The molecule has 0 unspecified atom stereocenters. The normalized spacial score (nSPS) is 15.5. The first-order chi connectivity index (χ1) is 11.6. The molecule has 140 valence electrons. The number of nitrogens with zero attached hydrogens (tertiary/aromatic N) is 2. The van der Waals surface area contributed by atoms with Crippen LogP contribution < -0.4 is 5.32 Å². The van der Waals surface area contributed by atoms with Crippen molar-refractivity contribution in [1.29, 1.82) is 0 Å². The highest BCUT2D eigenvalue weighted by Gasteiger charge is 2.27. The van der Waals surface area contributed by atoms with Crippen LogP contribution in [-0.2, 0) is 16.0 Å². The van der Waals surface area contributed by atoms with Crippen molar-refractivity contribution in [2.75, 3.05) is 33.3 Å². The van der Waals surface area contributed by atoms with E-state index in [0.717, 1.165) is 44.9 Å². The average molecular weight is 459 g/mol. The van der Waals surface area contributed by atoms with E-state index in [1.54, 1.807) is 0 Å². The van der Waals surface area contributed by atoms with Crippen molar-refractivity contribution < 1.29 is 9.53 Å². The van der Waals surface area contributed by atoms with Crippen molar-refractivity contribution in [1.82, 2.24) is 10.2 Å². The van der Waals surface area contributed by atoms with Crippen LogP contribution in [0, 0.1) is 12.8 Å². The maximum atomic E-state index is 11.8. The Morgan fingerprint density at radius 3 is 2.48 bits per heavy atom. The number of piperidine rings is 1. The van der Waals surface area contributed by atoms with Gasteiger partial charge in [-0.05, 0) is 38.7 Å². The fourth-order valence-corrected chi connectivity index (χ4v) is 2.99. The summed E-state index contributed by atoms with van der Waals surface area (Å²) < 4.78 is 5.12. The Kier molecular flexibility index (Phi) is 9.85. The van der Waals surface area contributed by atoms with E-state index in [1.807, 2.05) is 14.0 Å². The molecule has 2 rings (SSSR count). The van der Waals surface area contributed by atoms with E-state index in [-0.39, 0.29) is 35.9 Å². The summed E-state index contributed by atoms with van der Waals surface area (Å²) in [6.07, 6.45) is 2.63. The summed E-state index contributed by atoms with van der Waals surface area (Å²) in [6, 6.07) is 8.63. The number of carbonyl (C=O) groups excluding carboxylic acids is 1. The average Bonchev–Trinajstić information content (AvgIpc) is 2.61. The van der Waals surface area contributed by atoms with Gasteiger partial charge < -0.3 is 15.0 Å². The van der Waals surface area contributed by atoms with Crippen molar-refractivity contribution in [3.63, 3.8) is 0 Å². The lowest BCUT2D eigenvalue weighted by molar-refractivity contribution is -0.149. The third-order valence-electron chi connectivity index (χ3n) is 4.44. The molecule has 0 radical (unpaired) electrons. The van der Waals surface area contributed by atoms with Crippen LogP contribution in [0.5, 0.6) is 0 Å². The number of esters is 1. The summed E-state index contributed by atoms with van der Waals surface area (Å²) in [6.45, 7) is 6.95. The molecule has 1 N–H and O–H groups in total. The van der Waals surface area contributed by atoms with Crippen LogP contribution in [0.3, 0.4) is 0 Å². The number of aliphatic imine (C=N–C) groups is 1. The number of aryl methyl sites for hydroxylation is 1. The van der Waals surface area contributed by atoms with E-state index in [0.29, 0.717) is 6.61 Å². The van der Waals surface area contributed by atoms with Gasteiger partial charge in [-0.1, -0.05) is 29.8 Å². The molecule has 0 atom stereocenters. The van der Waals surface area contributed by atoms with E-state index >= 15 is 0 Å². The number of halogens is 1. The Bertz CT molecular complexity index is 552. The Morgan fingerprint density at radius 2 is 1.92 bits per heavy atom. The van der Waals surface area contributed by atoms with Gasteiger partial charge in [0.15, 0.2) is 5.96 Å². The highest BCUT2D eigenvalue weighted by molar-refractivity contribution is 14.0. The molecular weight excluding hydrogens is 429 g/mol. The maximum absolute atomic E-state index is 11.8. The van der Waals surface area contributed by atoms with Gasteiger partial charge >= 0.3 is 5.97 Å². The smallest absolute Gasteiger partial charge is 0.309 e. The van der Waals surface area contributed by atoms with Crippen LogP contribution in [0.15, 0.2) is 29.3 Å². The molecule has 5 nitrogen and oxygen atoms in total. The third kappa shape index (κ3) is 6.84. The molecule has 1 aliphatic heterocycles. The predicted octanol–water partition coefficient (Wildman–Crippen LogP) is 3.01. The van der Waals surface area contributed by atoms with E-state index < -0.39 is 0 Å². The molecule has 1 saturated heterocycles. The molecule has 0 bridgehead atoms. The molecular formula is C19H30IN3O2. The quantitative estimate of drug-likeness (QED) is 0.319. The van der Waals surface area contributed by atoms with E-state index in [9.17, 15) is 4.79 Å². The molecule has 0 aromatic heterocycles. The molecule has 6 heteroatoms. The SMILES string of the molecule is CCOC(=O)C1CCN(C(=NC)NCCc2ccc(C)cc2)CC1.I. The Labute approximate surface area is 168 Å². The lowest BCUT2D eigenvalue weighted by Crippen LogP contribution is -2.47. The molecule has 1 fully saturated rings. The second-order valence-corrected chi connectivity index (χ2v) is 6.22. The minimum atomic E-state index is -0.0560. The van der Waals surface area contributed by atoms with Gasteiger partial charge in [0.1, 0.15) is 0 Å². The highest BCUT2D eigenvalue weighted by atomic mass is 127. The zero-order valence-electron chi connectivity index (χ0n) is 15.5. The van der Waals surface area contributed by atoms with Gasteiger partial charge in [-0.2, -0.15) is 0 Å². The zero-order valence-corrected chi connectivity index (χ0v) is 17.8. The Morgan fingerprint density at radius 1 is 1.28 bits per heavy atom. The number of ether oxygens (including phenoxy) is 1. The van der Waals surface area contributed by atoms with Gasteiger partial charge in [0.05, 0.1) is 12.5 Å². The van der Waals surface area contributed by atoms with Crippen LogP contribution >= 0.6 is 24.0 Å². The summed E-state index contributed by atoms with van der Waals surface area (Å²) in [5.74, 6) is 0.899. The number of nitrogens with one attached hydrogen (secondary N) is 1. The van der Waals surface area contributed by atoms with E-state index in [1.165, 1.54) is 11.1 Å². The minimum Gasteiger partial charge on any atom is -0.466 e. The molecule has 1 heterocycles. The fraction of sp³-hybridized carbons (Fsp3) is 0.579.